The highest BCUT2D eigenvalue weighted by Gasteiger charge is 2.11. The van der Waals surface area contributed by atoms with Gasteiger partial charge in [-0.3, -0.25) is 10.4 Å². The summed E-state index contributed by atoms with van der Waals surface area (Å²) >= 11 is 1.57. The molecule has 19 heavy (non-hydrogen) atoms. The van der Waals surface area contributed by atoms with Crippen LogP contribution < -0.4 is 0 Å². The van der Waals surface area contributed by atoms with Crippen LogP contribution in [0.2, 0.25) is 0 Å². The Morgan fingerprint density at radius 2 is 2.47 bits per heavy atom. The largest absolute Gasteiger partial charge is 0.385 e. The molecule has 0 aromatic carbocycles. The lowest BCUT2D eigenvalue weighted by Crippen LogP contribution is -2.34. The maximum Gasteiger partial charge on any atom is 0.130 e. The summed E-state index contributed by atoms with van der Waals surface area (Å²) in [6, 6.07) is 0.296. The van der Waals surface area contributed by atoms with Gasteiger partial charge < -0.3 is 9.64 Å². The number of aliphatic imine (C=N–C) groups is 1. The first-order valence-electron chi connectivity index (χ1n) is 6.04. The van der Waals surface area contributed by atoms with Crippen molar-refractivity contribution in [1.82, 2.24) is 9.88 Å². The van der Waals surface area contributed by atoms with Crippen molar-refractivity contribution in [3.05, 3.63) is 22.7 Å². The summed E-state index contributed by atoms with van der Waals surface area (Å²) in [5.74, 6) is 0.756. The van der Waals surface area contributed by atoms with Gasteiger partial charge in [0.1, 0.15) is 12.2 Å². The zero-order chi connectivity index (χ0) is 14.1. The molecule has 1 atom stereocenters. The summed E-state index contributed by atoms with van der Waals surface area (Å²) in [4.78, 5) is 11.2. The minimum absolute atomic E-state index is 0.296. The fourth-order valence-corrected chi connectivity index (χ4v) is 2.00. The van der Waals surface area contributed by atoms with E-state index in [9.17, 15) is 0 Å². The van der Waals surface area contributed by atoms with Crippen molar-refractivity contribution in [2.75, 3.05) is 20.8 Å². The second-order valence-electron chi connectivity index (χ2n) is 4.09. The number of nitrogens with zero attached hydrogens (tertiary/aromatic N) is 3. The molecule has 0 bridgehead atoms. The van der Waals surface area contributed by atoms with Crippen LogP contribution in [-0.2, 0) is 4.74 Å². The Morgan fingerprint density at radius 3 is 3.05 bits per heavy atom. The normalized spacial score (nSPS) is 13.7. The first kappa shape index (κ1) is 15.5. The van der Waals surface area contributed by atoms with Crippen molar-refractivity contribution in [3.8, 4) is 0 Å². The van der Waals surface area contributed by atoms with Crippen molar-refractivity contribution >= 4 is 29.6 Å². The third kappa shape index (κ3) is 5.32. The van der Waals surface area contributed by atoms with E-state index in [-0.39, 0.29) is 0 Å². The van der Waals surface area contributed by atoms with Crippen molar-refractivity contribution in [2.24, 2.45) is 4.99 Å². The van der Waals surface area contributed by atoms with Gasteiger partial charge in [0.05, 0.1) is 5.51 Å². The van der Waals surface area contributed by atoms with Gasteiger partial charge in [-0.15, -0.1) is 11.3 Å². The number of nitrogens with one attached hydrogen (secondary N) is 1. The fourth-order valence-electron chi connectivity index (χ4n) is 1.49. The number of likely N-dealkylation sites (N-methyl/N-ethyl adjacent to an activating group) is 1. The van der Waals surface area contributed by atoms with E-state index in [2.05, 4.69) is 16.9 Å². The van der Waals surface area contributed by atoms with E-state index in [4.69, 9.17) is 10.1 Å². The fraction of sp³-hybridized carbons (Fsp3) is 0.462. The molecule has 104 valence electrons. The van der Waals surface area contributed by atoms with E-state index in [1.807, 2.05) is 24.1 Å². The van der Waals surface area contributed by atoms with Crippen molar-refractivity contribution in [2.45, 2.75) is 19.4 Å². The average Bonchev–Trinajstić information content (AvgIpc) is 2.93. The highest BCUT2D eigenvalue weighted by molar-refractivity contribution is 7.10. The quantitative estimate of drug-likeness (QED) is 0.616. The molecule has 0 radical (unpaired) electrons. The van der Waals surface area contributed by atoms with E-state index in [1.54, 1.807) is 30.2 Å². The molecule has 1 unspecified atom stereocenters. The number of rotatable bonds is 7. The zero-order valence-electron chi connectivity index (χ0n) is 11.5. The summed E-state index contributed by atoms with van der Waals surface area (Å²) in [6.45, 7) is 2.82. The molecular weight excluding hydrogens is 260 g/mol. The molecule has 0 spiro atoms. The molecule has 1 aromatic heterocycles. The Kier molecular flexibility index (Phi) is 6.99. The third-order valence-electron chi connectivity index (χ3n) is 2.81. The second kappa shape index (κ2) is 8.55. The van der Waals surface area contributed by atoms with Gasteiger partial charge in [0, 0.05) is 37.9 Å². The zero-order valence-corrected chi connectivity index (χ0v) is 12.4. The maximum atomic E-state index is 7.15. The summed E-state index contributed by atoms with van der Waals surface area (Å²) in [5.41, 5.74) is 1.79. The molecule has 5 nitrogen and oxygen atoms in total. The number of hydrogen-bond acceptors (Lipinski definition) is 4. The molecule has 0 fully saturated rings. The van der Waals surface area contributed by atoms with Crippen LogP contribution in [0.4, 0.5) is 0 Å². The van der Waals surface area contributed by atoms with Crippen LogP contribution in [-0.4, -0.2) is 48.9 Å². The highest BCUT2D eigenvalue weighted by atomic mass is 32.1. The highest BCUT2D eigenvalue weighted by Crippen LogP contribution is 2.09. The van der Waals surface area contributed by atoms with Crippen molar-refractivity contribution in [1.29, 1.82) is 5.41 Å². The van der Waals surface area contributed by atoms with Gasteiger partial charge in [-0.2, -0.15) is 0 Å². The molecule has 1 N–H and O–H groups in total. The number of aromatic nitrogens is 1. The second-order valence-corrected chi connectivity index (χ2v) is 5.01. The molecule has 0 saturated heterocycles. The van der Waals surface area contributed by atoms with Crippen LogP contribution in [0.25, 0.3) is 6.08 Å². The third-order valence-corrected chi connectivity index (χ3v) is 3.55. The average molecular weight is 280 g/mol. The van der Waals surface area contributed by atoms with Gasteiger partial charge in [-0.05, 0) is 25.5 Å². The van der Waals surface area contributed by atoms with Crippen LogP contribution in [0, 0.1) is 5.41 Å². The van der Waals surface area contributed by atoms with Gasteiger partial charge in [0.25, 0.3) is 0 Å². The van der Waals surface area contributed by atoms with Gasteiger partial charge >= 0.3 is 0 Å². The molecule has 1 rings (SSSR count). The number of hydrogen-bond donors (Lipinski definition) is 1. The van der Waals surface area contributed by atoms with Crippen molar-refractivity contribution in [3.63, 3.8) is 0 Å². The Labute approximate surface area is 118 Å². The Hall–Kier alpha value is -1.53. The minimum atomic E-state index is 0.296. The van der Waals surface area contributed by atoms with Gasteiger partial charge in [0.15, 0.2) is 0 Å². The lowest BCUT2D eigenvalue weighted by molar-refractivity contribution is 0.173. The standard InChI is InChI=1S/C13H20N4OS/c1-11(6-7-18-3)17(2)13(16-9-14)5-4-12-8-15-10-19-12/h4-5,8-11,14H,6-7H2,1-3H3/b5-4+,14-9?,16-13?. The summed E-state index contributed by atoms with van der Waals surface area (Å²) in [5, 5.41) is 7.15. The SMILES string of the molecule is COCCC(C)N(C)C(/C=C/c1cncs1)=NC=N. The Morgan fingerprint density at radius 1 is 1.68 bits per heavy atom. The lowest BCUT2D eigenvalue weighted by Gasteiger charge is -2.26. The Balaban J connectivity index is 2.71. The van der Waals surface area contributed by atoms with Crippen LogP contribution >= 0.6 is 11.3 Å². The molecule has 0 saturated carbocycles. The van der Waals surface area contributed by atoms with E-state index >= 15 is 0 Å². The molecule has 0 amide bonds. The van der Waals surface area contributed by atoms with Crippen LogP contribution in [0.5, 0.6) is 0 Å². The van der Waals surface area contributed by atoms with Crippen LogP contribution in [0.15, 0.2) is 22.8 Å². The summed E-state index contributed by atoms with van der Waals surface area (Å²) in [7, 11) is 3.67. The number of thiazole rings is 1. The first-order chi connectivity index (χ1) is 9.19. The van der Waals surface area contributed by atoms with Gasteiger partial charge in [0.2, 0.25) is 0 Å². The molecule has 0 aliphatic rings. The van der Waals surface area contributed by atoms with Crippen molar-refractivity contribution < 1.29 is 4.74 Å². The number of amidine groups is 1. The van der Waals surface area contributed by atoms with E-state index in [1.165, 1.54) is 0 Å². The molecule has 1 aromatic rings. The molecule has 0 aliphatic carbocycles. The van der Waals surface area contributed by atoms with E-state index in [0.29, 0.717) is 12.6 Å². The molecule has 1 heterocycles. The Bertz CT molecular complexity index is 428. The van der Waals surface area contributed by atoms with E-state index in [0.717, 1.165) is 23.5 Å². The number of ether oxygens (including phenoxy) is 1. The first-order valence-corrected chi connectivity index (χ1v) is 6.92. The molecule has 6 heteroatoms. The van der Waals surface area contributed by atoms with Crippen LogP contribution in [0.1, 0.15) is 18.2 Å². The minimum Gasteiger partial charge on any atom is -0.385 e. The summed E-state index contributed by atoms with van der Waals surface area (Å²) in [6.07, 6.45) is 7.64. The van der Waals surface area contributed by atoms with Gasteiger partial charge in [-0.25, -0.2) is 4.99 Å². The monoisotopic (exact) mass is 280 g/mol. The smallest absolute Gasteiger partial charge is 0.130 e. The summed E-state index contributed by atoms with van der Waals surface area (Å²) < 4.78 is 5.09. The van der Waals surface area contributed by atoms with Gasteiger partial charge in [-0.1, -0.05) is 0 Å². The van der Waals surface area contributed by atoms with Crippen LogP contribution in [0.3, 0.4) is 0 Å². The van der Waals surface area contributed by atoms with E-state index < -0.39 is 0 Å². The molecular formula is C13H20N4OS. The maximum absolute atomic E-state index is 7.15. The predicted octanol–water partition coefficient (Wildman–Crippen LogP) is 2.52. The topological polar surface area (TPSA) is 61.6 Å². The number of methoxy groups -OCH3 is 1. The molecule has 0 aliphatic heterocycles. The predicted molar refractivity (Wildman–Crippen MR) is 81.1 cm³/mol. The lowest BCUT2D eigenvalue weighted by atomic mass is 10.2.